The number of amides is 1. The van der Waals surface area contributed by atoms with Crippen LogP contribution >= 0.6 is 11.8 Å². The molecule has 12 heteroatoms. The second-order valence-corrected chi connectivity index (χ2v) is 9.88. The highest BCUT2D eigenvalue weighted by molar-refractivity contribution is 7.98. The molecule has 3 aromatic carbocycles. The Morgan fingerprint density at radius 3 is 2.59 bits per heavy atom. The van der Waals surface area contributed by atoms with Gasteiger partial charge in [0, 0.05) is 11.1 Å². The van der Waals surface area contributed by atoms with Crippen molar-refractivity contribution in [3.63, 3.8) is 0 Å². The smallest absolute Gasteiger partial charge is 0.294 e. The fourth-order valence-electron chi connectivity index (χ4n) is 4.95. The number of halogens is 1. The monoisotopic (exact) mass is 584 g/mol. The van der Waals surface area contributed by atoms with Gasteiger partial charge in [-0.1, -0.05) is 18.2 Å². The molecule has 1 N–H and O–H groups in total. The zero-order valence-corrected chi connectivity index (χ0v) is 23.8. The Kier molecular flexibility index (Phi) is 9.33. The predicted octanol–water partition coefficient (Wildman–Crippen LogP) is 5.12. The van der Waals surface area contributed by atoms with Gasteiger partial charge in [0.2, 0.25) is 5.75 Å². The van der Waals surface area contributed by atoms with Crippen LogP contribution in [0.5, 0.6) is 17.2 Å². The largest absolute Gasteiger partial charge is 0.492 e. The summed E-state index contributed by atoms with van der Waals surface area (Å²) in [6, 6.07) is 10.2. The van der Waals surface area contributed by atoms with Crippen LogP contribution in [0, 0.1) is 15.9 Å². The number of thioether (sulfide) groups is 1. The van der Waals surface area contributed by atoms with Crippen molar-refractivity contribution in [3.8, 4) is 28.4 Å². The van der Waals surface area contributed by atoms with E-state index < -0.39 is 29.5 Å². The number of hydrogen-bond acceptors (Lipinski definition) is 9. The zero-order chi connectivity index (χ0) is 29.7. The molecular formula is C29H29FN2O8S. The van der Waals surface area contributed by atoms with Crippen LogP contribution in [-0.2, 0) is 17.9 Å². The van der Waals surface area contributed by atoms with Crippen LogP contribution in [0.25, 0.3) is 11.1 Å². The molecule has 0 aliphatic heterocycles. The Balaban J connectivity index is 1.85. The minimum atomic E-state index is -1.03. The van der Waals surface area contributed by atoms with Gasteiger partial charge in [-0.2, -0.15) is 0 Å². The summed E-state index contributed by atoms with van der Waals surface area (Å²) in [6.07, 6.45) is 2.63. The maximum absolute atomic E-state index is 15.2. The molecule has 1 atom stereocenters. The van der Waals surface area contributed by atoms with Crippen molar-refractivity contribution in [2.45, 2.75) is 37.3 Å². The van der Waals surface area contributed by atoms with Crippen LogP contribution in [0.4, 0.5) is 4.39 Å². The highest BCUT2D eigenvalue weighted by Crippen LogP contribution is 2.50. The number of rotatable bonds is 10. The van der Waals surface area contributed by atoms with Crippen molar-refractivity contribution in [2.24, 2.45) is 0 Å². The summed E-state index contributed by atoms with van der Waals surface area (Å²) in [5, 5.41) is 12.4. The van der Waals surface area contributed by atoms with Crippen molar-refractivity contribution >= 4 is 17.7 Å². The molecule has 10 nitrogen and oxygen atoms in total. The predicted molar refractivity (Wildman–Crippen MR) is 151 cm³/mol. The van der Waals surface area contributed by atoms with Crippen LogP contribution in [0.3, 0.4) is 0 Å². The molecule has 0 saturated carbocycles. The highest BCUT2D eigenvalue weighted by atomic mass is 32.2. The van der Waals surface area contributed by atoms with Gasteiger partial charge < -0.3 is 24.4 Å². The van der Waals surface area contributed by atoms with Crippen LogP contribution in [0.1, 0.15) is 46.4 Å². The van der Waals surface area contributed by atoms with E-state index in [-0.39, 0.29) is 16.6 Å². The number of carbonyl (C=O) groups excluding carboxylic acids is 1. The average Bonchev–Trinajstić information content (AvgIpc) is 3.20. The number of nitrogens with one attached hydrogen (secondary N) is 1. The fourth-order valence-corrected chi connectivity index (χ4v) is 5.42. The Bertz CT molecular complexity index is 1550. The minimum Gasteiger partial charge on any atom is -0.492 e. The quantitative estimate of drug-likeness (QED) is 0.196. The van der Waals surface area contributed by atoms with Gasteiger partial charge in [0.1, 0.15) is 12.4 Å². The van der Waals surface area contributed by atoms with Gasteiger partial charge in [0.05, 0.1) is 37.3 Å². The molecule has 1 aliphatic rings. The zero-order valence-electron chi connectivity index (χ0n) is 22.9. The Morgan fingerprint density at radius 2 is 1.93 bits per heavy atom. The van der Waals surface area contributed by atoms with E-state index in [0.29, 0.717) is 58.3 Å². The van der Waals surface area contributed by atoms with E-state index in [0.717, 1.165) is 5.56 Å². The van der Waals surface area contributed by atoms with Crippen molar-refractivity contribution in [2.75, 3.05) is 27.1 Å². The summed E-state index contributed by atoms with van der Waals surface area (Å²) >= 11 is 1.30. The molecule has 0 aromatic heterocycles. The molecule has 1 unspecified atom stereocenters. The summed E-state index contributed by atoms with van der Waals surface area (Å²) in [6.45, 7) is 1.62. The van der Waals surface area contributed by atoms with Gasteiger partial charge in [-0.3, -0.25) is 9.59 Å². The molecule has 0 bridgehead atoms. The Labute approximate surface area is 239 Å². The average molecular weight is 585 g/mol. The fraction of sp³-hybridized carbons (Fsp3) is 0.310. The lowest BCUT2D eigenvalue weighted by atomic mass is 9.95. The number of methoxy groups -OCH3 is 2. The van der Waals surface area contributed by atoms with Crippen LogP contribution in [-0.4, -0.2) is 38.1 Å². The standard InChI is InChI=1S/C29H29FN2O8S/c1-5-39-23-13-16-9-11-21(31-29(34)19-8-6-7-17(26(19)30)15-40-32(35)36)20-14-22(33)24(41-4)12-10-18(20)25(16)28(38-3)27(23)37-2/h6-8,10,12-14,21H,5,9,11,15H2,1-4H3,(H,31,34). The topological polar surface area (TPSA) is 126 Å². The van der Waals surface area contributed by atoms with Gasteiger partial charge >= 0.3 is 0 Å². The first-order valence-electron chi connectivity index (χ1n) is 12.7. The molecule has 0 radical (unpaired) electrons. The molecule has 3 aromatic rings. The lowest BCUT2D eigenvalue weighted by molar-refractivity contribution is -0.763. The molecule has 1 amide bonds. The van der Waals surface area contributed by atoms with Gasteiger partial charge in [0.15, 0.2) is 16.9 Å². The lowest BCUT2D eigenvalue weighted by Crippen LogP contribution is -2.30. The van der Waals surface area contributed by atoms with Crippen molar-refractivity contribution < 1.29 is 33.3 Å². The Hall–Kier alpha value is -4.32. The van der Waals surface area contributed by atoms with Gasteiger partial charge in [-0.05, 0) is 67.0 Å². The van der Waals surface area contributed by atoms with Gasteiger partial charge in [0.25, 0.3) is 11.0 Å². The Morgan fingerprint density at radius 1 is 1.17 bits per heavy atom. The molecule has 1 aliphatic carbocycles. The molecule has 0 fully saturated rings. The SMILES string of the molecule is CCOc1cc2c(c(OC)c1OC)-c1ccc(SC)c(=O)cc1C(NC(=O)c1cccc(CO[N+](=O)[O-])c1F)CC2. The second-order valence-electron chi connectivity index (χ2n) is 9.03. The first-order chi connectivity index (χ1) is 19.7. The van der Waals surface area contributed by atoms with E-state index in [9.17, 15) is 19.7 Å². The number of carbonyl (C=O) groups is 1. The molecular weight excluding hydrogens is 555 g/mol. The molecule has 0 saturated heterocycles. The van der Waals surface area contributed by atoms with Crippen molar-refractivity contribution in [1.82, 2.24) is 5.32 Å². The molecule has 4 rings (SSSR count). The summed E-state index contributed by atoms with van der Waals surface area (Å²) < 4.78 is 32.5. The molecule has 216 valence electrons. The van der Waals surface area contributed by atoms with E-state index in [1.54, 1.807) is 12.3 Å². The number of aryl methyl sites for hydroxylation is 1. The third-order valence-electron chi connectivity index (χ3n) is 6.75. The van der Waals surface area contributed by atoms with Crippen molar-refractivity contribution in [1.29, 1.82) is 0 Å². The van der Waals surface area contributed by atoms with Crippen LogP contribution < -0.4 is 25.0 Å². The summed E-state index contributed by atoms with van der Waals surface area (Å²) in [5.74, 6) is -0.340. The third-order valence-corrected chi connectivity index (χ3v) is 7.53. The first kappa shape index (κ1) is 29.7. The maximum atomic E-state index is 15.2. The number of fused-ring (bicyclic) bond motifs is 3. The van der Waals surface area contributed by atoms with Gasteiger partial charge in [-0.25, -0.2) is 4.39 Å². The summed E-state index contributed by atoms with van der Waals surface area (Å²) in [7, 11) is 3.03. The third kappa shape index (κ3) is 6.07. The number of hydrogen-bond donors (Lipinski definition) is 1. The maximum Gasteiger partial charge on any atom is 0.294 e. The highest BCUT2D eigenvalue weighted by Gasteiger charge is 2.30. The molecule has 0 heterocycles. The van der Waals surface area contributed by atoms with E-state index in [2.05, 4.69) is 10.2 Å². The molecule has 41 heavy (non-hydrogen) atoms. The van der Waals surface area contributed by atoms with Crippen molar-refractivity contribution in [3.05, 3.63) is 90.9 Å². The lowest BCUT2D eigenvalue weighted by Gasteiger charge is -2.20. The van der Waals surface area contributed by atoms with E-state index >= 15 is 4.39 Å². The second kappa shape index (κ2) is 12.9. The van der Waals surface area contributed by atoms with E-state index in [1.165, 1.54) is 50.2 Å². The van der Waals surface area contributed by atoms with Crippen LogP contribution in [0.2, 0.25) is 0 Å². The first-order valence-corrected chi connectivity index (χ1v) is 13.9. The van der Waals surface area contributed by atoms with E-state index in [1.807, 2.05) is 19.1 Å². The van der Waals surface area contributed by atoms with E-state index in [4.69, 9.17) is 14.2 Å². The number of nitrogens with zero attached hydrogens (tertiary/aromatic N) is 1. The number of ether oxygens (including phenoxy) is 3. The minimum absolute atomic E-state index is 0.138. The summed E-state index contributed by atoms with van der Waals surface area (Å²) in [4.78, 5) is 41.9. The normalized spacial score (nSPS) is 13.7. The number of benzene rings is 2. The molecule has 0 spiro atoms. The van der Waals surface area contributed by atoms with Crippen LogP contribution in [0.15, 0.2) is 52.2 Å². The summed E-state index contributed by atoms with van der Waals surface area (Å²) in [5.41, 5.74) is 2.06. The van der Waals surface area contributed by atoms with Gasteiger partial charge in [-0.15, -0.1) is 21.9 Å².